The molecule has 29 heteroatoms. The van der Waals surface area contributed by atoms with E-state index in [1.165, 1.54) is 7.06 Å². The van der Waals surface area contributed by atoms with Crippen molar-refractivity contribution >= 4 is 206 Å². The molecule has 0 aromatic heterocycles. The molecule has 0 aromatic carbocycles. The first-order valence-corrected chi connectivity index (χ1v) is 9.33. The molecule has 0 saturated carbocycles. The van der Waals surface area contributed by atoms with Crippen LogP contribution < -0.4 is 0 Å². The monoisotopic (exact) mass is 319 g/mol. The SMILES string of the molecule is [B]B([B])B(B([B])[B])B(B([B][B-])B([B-])[B-])B(B(B([B])[B])B([B])[B])B(B([B])[B])B([B])[B]. The second-order valence-electron chi connectivity index (χ2n) is 7.70. The fraction of sp³-hybridized carbons (Fsp3) is 0. The lowest BCUT2D eigenvalue weighted by atomic mass is 8.32. The van der Waals surface area contributed by atoms with Crippen molar-refractivity contribution in [1.82, 2.24) is 0 Å². The van der Waals surface area contributed by atoms with Crippen LogP contribution >= 0.6 is 0 Å². The normalized spacial score (nSPS) is 9.48. The molecule has 29 heavy (non-hydrogen) atoms. The summed E-state index contributed by atoms with van der Waals surface area (Å²) < 4.78 is 0. The van der Waals surface area contributed by atoms with Crippen molar-refractivity contribution in [2.24, 2.45) is 0 Å². The molecule has 0 rings (SSSR count). The largest absolute Gasteiger partial charge is 0.729 e. The first-order valence-electron chi connectivity index (χ1n) is 9.33. The van der Waals surface area contributed by atoms with Crippen LogP contribution in [0.25, 0.3) is 0 Å². The predicted octanol–water partition coefficient (Wildman–Crippen LogP) is -11.0. The fourth-order valence-corrected chi connectivity index (χ4v) is 4.36. The summed E-state index contributed by atoms with van der Waals surface area (Å²) in [7, 11) is 91.2. The van der Waals surface area contributed by atoms with Crippen molar-refractivity contribution in [3.05, 3.63) is 0 Å². The fourth-order valence-electron chi connectivity index (χ4n) is 4.36. The standard InChI is InChI=1S/B29/c1-16-24(17(2)3)28(25(18(4)5)19(6)7)29(26(20(8)9)21(10)11)27(22(12)13)23(14)15/q-3. The Kier molecular flexibility index (Phi) is 15.1. The molecule has 0 aliphatic carbocycles. The summed E-state index contributed by atoms with van der Waals surface area (Å²) in [6, 6.07) is 0. The van der Waals surface area contributed by atoms with Crippen LogP contribution in [0.3, 0.4) is 0 Å². The van der Waals surface area contributed by atoms with E-state index >= 15 is 0 Å². The summed E-state index contributed by atoms with van der Waals surface area (Å²) in [5.74, 6) is 0. The summed E-state index contributed by atoms with van der Waals surface area (Å²) >= 11 is 0. The Morgan fingerprint density at radius 2 is 0.655 bits per heavy atom. The van der Waals surface area contributed by atoms with E-state index < -0.39 is 83.0 Å². The Morgan fingerprint density at radius 3 is 0.828 bits per heavy atom. The van der Waals surface area contributed by atoms with Crippen LogP contribution in [0.5, 0.6) is 0 Å². The topological polar surface area (TPSA) is 0 Å². The summed E-state index contributed by atoms with van der Waals surface area (Å²) in [4.78, 5) is 0. The molecule has 0 aliphatic rings. The van der Waals surface area contributed by atoms with E-state index in [0.717, 1.165) is 0 Å². The quantitative estimate of drug-likeness (QED) is 0.296. The Balaban J connectivity index is 6.97. The van der Waals surface area contributed by atoms with Gasteiger partial charge in [0.05, 0.1) is 0 Å². The number of hydrogen-bond acceptors (Lipinski definition) is 0. The van der Waals surface area contributed by atoms with Gasteiger partial charge in [-0.3, -0.25) is 7.06 Å². The average molecular weight is 314 g/mol. The molecule has 0 fully saturated rings. The van der Waals surface area contributed by atoms with Crippen molar-refractivity contribution in [2.75, 3.05) is 0 Å². The zero-order valence-electron chi connectivity index (χ0n) is 16.7. The van der Waals surface area contributed by atoms with Gasteiger partial charge < -0.3 is 29.6 Å². The maximum atomic E-state index is 6.01. The summed E-state index contributed by atoms with van der Waals surface area (Å²) in [5, 5.41) is 0. The summed E-state index contributed by atoms with van der Waals surface area (Å²) in [6.07, 6.45) is -11.9. The highest BCUT2D eigenvalue weighted by atomic mass is 13.3. The second kappa shape index (κ2) is 14.2. The molecule has 0 spiro atoms. The van der Waals surface area contributed by atoms with Crippen molar-refractivity contribution in [3.63, 3.8) is 0 Å². The molecule has 34 radical (unpaired) electrons. The highest BCUT2D eigenvalue weighted by molar-refractivity contribution is 8.26. The van der Waals surface area contributed by atoms with Gasteiger partial charge in [0.25, 0.3) is 0 Å². The molecule has 0 aromatic rings. The van der Waals surface area contributed by atoms with Crippen LogP contribution in [0.1, 0.15) is 0 Å². The van der Waals surface area contributed by atoms with E-state index in [4.69, 9.17) is 116 Å². The molecular formula is B29-3. The molecule has 0 nitrogen and oxygen atoms in total. The van der Waals surface area contributed by atoms with E-state index in [1.54, 1.807) is 0 Å². The van der Waals surface area contributed by atoms with E-state index in [-0.39, 0.29) is 0 Å². The second-order valence-corrected chi connectivity index (χ2v) is 7.70. The third kappa shape index (κ3) is 8.63. The zero-order chi connectivity index (χ0) is 23.2. The molecule has 0 bridgehead atoms. The van der Waals surface area contributed by atoms with E-state index in [2.05, 4.69) is 0 Å². The van der Waals surface area contributed by atoms with Crippen LogP contribution in [0, 0.1) is 0 Å². The Bertz CT molecular complexity index is 368. The minimum absolute atomic E-state index is 0.741. The minimum Gasteiger partial charge on any atom is -0.729 e. The highest BCUT2D eigenvalue weighted by Gasteiger charge is 2.49. The van der Waals surface area contributed by atoms with E-state index in [9.17, 15) is 0 Å². The van der Waals surface area contributed by atoms with Crippen LogP contribution in [0.2, 0.25) is 0 Å². The lowest BCUT2D eigenvalue weighted by molar-refractivity contribution is 3.26. The Morgan fingerprint density at radius 1 is 0.414 bits per heavy atom. The number of rotatable bonds is 13. The zero-order valence-corrected chi connectivity index (χ0v) is 16.7. The van der Waals surface area contributed by atoms with Crippen LogP contribution in [-0.4, -0.2) is 206 Å². The molecule has 0 saturated heterocycles. The lowest BCUT2D eigenvalue weighted by Gasteiger charge is -2.58. The van der Waals surface area contributed by atoms with E-state index in [1.807, 2.05) is 0 Å². The van der Waals surface area contributed by atoms with Gasteiger partial charge in [0.1, 0.15) is 0 Å². The third-order valence-electron chi connectivity index (χ3n) is 5.56. The smallest absolute Gasteiger partial charge is 0.000000000137 e. The van der Waals surface area contributed by atoms with Crippen LogP contribution in [-0.2, 0) is 0 Å². The third-order valence-corrected chi connectivity index (χ3v) is 5.56. The van der Waals surface area contributed by atoms with Crippen molar-refractivity contribution in [2.45, 2.75) is 0 Å². The number of hydrogen-bond donors (Lipinski definition) is 0. The average Bonchev–Trinajstić information content (AvgIpc) is 2.51. The molecule has 0 unspecified atom stereocenters. The molecule has 0 heterocycles. The molecule has 0 amide bonds. The molecule has 90 valence electrons. The molecule has 0 aliphatic heterocycles. The van der Waals surface area contributed by atoms with Gasteiger partial charge in [-0.05, 0) is 163 Å². The molecular weight excluding hydrogens is 314 g/mol. The van der Waals surface area contributed by atoms with Gasteiger partial charge in [-0.2, -0.15) is 0 Å². The van der Waals surface area contributed by atoms with Crippen LogP contribution in [0.15, 0.2) is 0 Å². The van der Waals surface area contributed by atoms with E-state index in [0.29, 0.717) is 0 Å². The van der Waals surface area contributed by atoms with Gasteiger partial charge in [-0.25, -0.2) is 0 Å². The van der Waals surface area contributed by atoms with Gasteiger partial charge in [0, 0.05) is 0 Å². The van der Waals surface area contributed by atoms with Gasteiger partial charge in [-0.1, -0.05) is 0 Å². The minimum atomic E-state index is -1.03. The van der Waals surface area contributed by atoms with Gasteiger partial charge in [0.2, 0.25) is 0 Å². The van der Waals surface area contributed by atoms with Gasteiger partial charge >= 0.3 is 0 Å². The summed E-state index contributed by atoms with van der Waals surface area (Å²) in [6.45, 7) is 0. The lowest BCUT2D eigenvalue weighted by Crippen LogP contribution is -2.87. The van der Waals surface area contributed by atoms with Crippen molar-refractivity contribution in [3.8, 4) is 0 Å². The predicted molar refractivity (Wildman–Crippen MR) is 167 cm³/mol. The molecule has 0 N–H and O–H groups in total. The maximum absolute atomic E-state index is 6.01. The molecule has 0 atom stereocenters. The Labute approximate surface area is 205 Å². The van der Waals surface area contributed by atoms with Gasteiger partial charge in [-0.15, -0.1) is 6.39 Å². The summed E-state index contributed by atoms with van der Waals surface area (Å²) in [5.41, 5.74) is 0. The highest BCUT2D eigenvalue weighted by Crippen LogP contribution is 2.13. The first-order chi connectivity index (χ1) is 13.2. The van der Waals surface area contributed by atoms with Gasteiger partial charge in [0.15, 0.2) is 0 Å². The van der Waals surface area contributed by atoms with Crippen LogP contribution in [0.4, 0.5) is 0 Å². The van der Waals surface area contributed by atoms with Crippen molar-refractivity contribution < 1.29 is 0 Å². The first kappa shape index (κ1) is 30.9. The Hall–Kier alpha value is 1.88. The maximum Gasteiger partial charge on any atom is -0.000000000137 e. The van der Waals surface area contributed by atoms with Crippen molar-refractivity contribution in [1.29, 1.82) is 0 Å².